The van der Waals surface area contributed by atoms with E-state index in [1.807, 2.05) is 30.3 Å². The minimum atomic E-state index is -1.02. The van der Waals surface area contributed by atoms with E-state index in [4.69, 9.17) is 5.73 Å². The number of benzene rings is 1. The smallest absolute Gasteiger partial charge is 0.244 e. The molecule has 150 valence electrons. The molecule has 0 aliphatic carbocycles. The Balaban J connectivity index is 0.00000182. The number of amides is 1. The van der Waals surface area contributed by atoms with Crippen LogP contribution in [0.3, 0.4) is 0 Å². The van der Waals surface area contributed by atoms with E-state index in [0.717, 1.165) is 43.0 Å². The highest BCUT2D eigenvalue weighted by molar-refractivity contribution is 5.87. The summed E-state index contributed by atoms with van der Waals surface area (Å²) in [5.74, 6) is 1.98. The molecule has 0 radical (unpaired) electrons. The van der Waals surface area contributed by atoms with E-state index in [9.17, 15) is 4.79 Å². The lowest BCUT2D eigenvalue weighted by atomic mass is 9.92. The van der Waals surface area contributed by atoms with Crippen LogP contribution in [0.4, 0.5) is 0 Å². The number of aryl methyl sites for hydroxylation is 2. The zero-order valence-corrected chi connectivity index (χ0v) is 17.3. The van der Waals surface area contributed by atoms with Gasteiger partial charge >= 0.3 is 0 Å². The monoisotopic (exact) mass is 413 g/mol. The van der Waals surface area contributed by atoms with Gasteiger partial charge in [0.25, 0.3) is 0 Å². The predicted octanol–water partition coefficient (Wildman–Crippen LogP) is 2.77. The summed E-state index contributed by atoms with van der Waals surface area (Å²) >= 11 is 0. The van der Waals surface area contributed by atoms with Gasteiger partial charge in [0.15, 0.2) is 0 Å². The van der Waals surface area contributed by atoms with Crippen LogP contribution in [0.25, 0.3) is 0 Å². The normalized spacial score (nSPS) is 15.3. The number of fused-ring (bicyclic) bond motifs is 1. The van der Waals surface area contributed by atoms with Gasteiger partial charge in [0, 0.05) is 25.9 Å². The molecule has 0 bridgehead atoms. The van der Waals surface area contributed by atoms with Crippen LogP contribution in [0, 0.1) is 0 Å². The average molecular weight is 414 g/mol. The first-order valence-electron chi connectivity index (χ1n) is 9.12. The molecule has 1 unspecified atom stereocenters. The number of halogens is 2. The van der Waals surface area contributed by atoms with Gasteiger partial charge in [0.1, 0.15) is 17.2 Å². The lowest BCUT2D eigenvalue weighted by Crippen LogP contribution is -2.49. The fourth-order valence-corrected chi connectivity index (χ4v) is 3.28. The highest BCUT2D eigenvalue weighted by Gasteiger charge is 2.29. The van der Waals surface area contributed by atoms with E-state index in [2.05, 4.69) is 20.1 Å². The van der Waals surface area contributed by atoms with Crippen LogP contribution in [-0.2, 0) is 29.7 Å². The minimum Gasteiger partial charge on any atom is -0.354 e. The molecule has 1 atom stereocenters. The number of nitrogens with zero attached hydrogens (tertiary/aromatic N) is 3. The second-order valence-electron chi connectivity index (χ2n) is 6.92. The molecule has 0 saturated carbocycles. The van der Waals surface area contributed by atoms with Crippen LogP contribution < -0.4 is 11.1 Å². The van der Waals surface area contributed by atoms with Crippen LogP contribution in [0.15, 0.2) is 30.3 Å². The molecule has 1 aliphatic rings. The maximum Gasteiger partial charge on any atom is 0.244 e. The molecule has 1 amide bonds. The molecule has 1 aliphatic heterocycles. The van der Waals surface area contributed by atoms with Crippen LogP contribution in [0.1, 0.15) is 49.8 Å². The summed E-state index contributed by atoms with van der Waals surface area (Å²) in [5, 5.41) is 11.6. The van der Waals surface area contributed by atoms with Crippen molar-refractivity contribution in [2.45, 2.75) is 57.5 Å². The van der Waals surface area contributed by atoms with Crippen molar-refractivity contribution < 1.29 is 4.79 Å². The van der Waals surface area contributed by atoms with Gasteiger partial charge in [-0.15, -0.1) is 35.0 Å². The van der Waals surface area contributed by atoms with Crippen molar-refractivity contribution in [3.8, 4) is 0 Å². The summed E-state index contributed by atoms with van der Waals surface area (Å²) in [6, 6.07) is 9.46. The number of hydrogen-bond donors (Lipinski definition) is 2. The molecule has 8 heteroatoms. The average Bonchev–Trinajstić information content (AvgIpc) is 2.85. The number of aromatic nitrogens is 3. The highest BCUT2D eigenvalue weighted by Crippen LogP contribution is 2.18. The molecule has 3 N–H and O–H groups in total. The molecule has 1 aromatic carbocycles. The maximum absolute atomic E-state index is 12.4. The number of carbonyl (C=O) groups is 1. The maximum atomic E-state index is 12.4. The largest absolute Gasteiger partial charge is 0.354 e. The van der Waals surface area contributed by atoms with E-state index in [0.29, 0.717) is 6.54 Å². The minimum absolute atomic E-state index is 0. The number of rotatable bonds is 6. The van der Waals surface area contributed by atoms with Crippen molar-refractivity contribution in [2.24, 2.45) is 5.73 Å². The van der Waals surface area contributed by atoms with Crippen molar-refractivity contribution in [3.63, 3.8) is 0 Å². The quantitative estimate of drug-likeness (QED) is 0.712. The van der Waals surface area contributed by atoms with Gasteiger partial charge in [-0.25, -0.2) is 0 Å². The predicted molar refractivity (Wildman–Crippen MR) is 111 cm³/mol. The third kappa shape index (κ3) is 5.67. The zero-order valence-electron chi connectivity index (χ0n) is 15.7. The third-order valence-electron chi connectivity index (χ3n) is 4.89. The Kier molecular flexibility index (Phi) is 9.22. The fourth-order valence-electron chi connectivity index (χ4n) is 3.28. The van der Waals surface area contributed by atoms with Gasteiger partial charge in [-0.3, -0.25) is 4.79 Å². The van der Waals surface area contributed by atoms with Crippen molar-refractivity contribution >= 4 is 30.7 Å². The van der Waals surface area contributed by atoms with E-state index < -0.39 is 5.54 Å². The lowest BCUT2D eigenvalue weighted by molar-refractivity contribution is -0.126. The van der Waals surface area contributed by atoms with Crippen molar-refractivity contribution in [3.05, 3.63) is 47.5 Å². The SMILES string of the molecule is CC(N)(C(=O)NCCCc1nnc2n1CCCCC2)c1ccccc1.Cl.Cl. The molecular weight excluding hydrogens is 385 g/mol. The summed E-state index contributed by atoms with van der Waals surface area (Å²) in [5.41, 5.74) is 6.02. The van der Waals surface area contributed by atoms with Gasteiger partial charge in [0.05, 0.1) is 0 Å². The Morgan fingerprint density at radius 3 is 2.67 bits per heavy atom. The topological polar surface area (TPSA) is 85.8 Å². The van der Waals surface area contributed by atoms with Crippen molar-refractivity contribution in [1.82, 2.24) is 20.1 Å². The molecule has 2 heterocycles. The Hall–Kier alpha value is -1.63. The third-order valence-corrected chi connectivity index (χ3v) is 4.89. The van der Waals surface area contributed by atoms with Gasteiger partial charge in [-0.1, -0.05) is 36.8 Å². The molecule has 0 fully saturated rings. The first-order valence-corrected chi connectivity index (χ1v) is 9.12. The molecule has 6 nitrogen and oxygen atoms in total. The number of nitrogens with two attached hydrogens (primary N) is 1. The fraction of sp³-hybridized carbons (Fsp3) is 0.526. The molecule has 3 rings (SSSR count). The number of carbonyl (C=O) groups excluding carboxylic acids is 1. The Labute approximate surface area is 173 Å². The summed E-state index contributed by atoms with van der Waals surface area (Å²) < 4.78 is 2.26. The first-order chi connectivity index (χ1) is 12.1. The molecule has 0 spiro atoms. The first kappa shape index (κ1) is 23.4. The standard InChI is InChI=1S/C19H27N5O.2ClH/c1-19(20,15-9-4-2-5-10-15)18(25)21-13-8-12-17-23-22-16-11-6-3-7-14-24(16)17;;/h2,4-5,9-10H,3,6-8,11-14,20H2,1H3,(H,21,25);2*1H. The van der Waals surface area contributed by atoms with Crippen LogP contribution in [0.5, 0.6) is 0 Å². The summed E-state index contributed by atoms with van der Waals surface area (Å²) in [4.78, 5) is 12.4. The number of nitrogens with one attached hydrogen (secondary N) is 1. The van der Waals surface area contributed by atoms with Crippen LogP contribution >= 0.6 is 24.8 Å². The van der Waals surface area contributed by atoms with Crippen molar-refractivity contribution in [1.29, 1.82) is 0 Å². The van der Waals surface area contributed by atoms with Crippen molar-refractivity contribution in [2.75, 3.05) is 6.54 Å². The molecular formula is C19H29Cl2N5O. The molecule has 1 aromatic heterocycles. The second-order valence-corrected chi connectivity index (χ2v) is 6.92. The molecule has 27 heavy (non-hydrogen) atoms. The van der Waals surface area contributed by atoms with Crippen LogP contribution in [-0.4, -0.2) is 27.2 Å². The Morgan fingerprint density at radius 1 is 1.19 bits per heavy atom. The van der Waals surface area contributed by atoms with Gasteiger partial charge < -0.3 is 15.6 Å². The zero-order chi connectivity index (χ0) is 17.7. The number of hydrogen-bond acceptors (Lipinski definition) is 4. The summed E-state index contributed by atoms with van der Waals surface area (Å²) in [7, 11) is 0. The Bertz CT molecular complexity index is 718. The van der Waals surface area contributed by atoms with E-state index in [1.54, 1.807) is 6.92 Å². The molecule has 2 aromatic rings. The van der Waals surface area contributed by atoms with Gasteiger partial charge in [0.2, 0.25) is 5.91 Å². The lowest BCUT2D eigenvalue weighted by Gasteiger charge is -2.24. The van der Waals surface area contributed by atoms with E-state index >= 15 is 0 Å². The summed E-state index contributed by atoms with van der Waals surface area (Å²) in [6.45, 7) is 3.34. The summed E-state index contributed by atoms with van der Waals surface area (Å²) in [6.07, 6.45) is 6.31. The second kappa shape index (κ2) is 10.6. The van der Waals surface area contributed by atoms with E-state index in [1.165, 1.54) is 19.3 Å². The molecule has 0 saturated heterocycles. The Morgan fingerprint density at radius 2 is 1.93 bits per heavy atom. The van der Waals surface area contributed by atoms with Gasteiger partial charge in [-0.2, -0.15) is 0 Å². The van der Waals surface area contributed by atoms with Crippen LogP contribution in [0.2, 0.25) is 0 Å². The van der Waals surface area contributed by atoms with Gasteiger partial charge in [-0.05, 0) is 31.7 Å². The van der Waals surface area contributed by atoms with E-state index in [-0.39, 0.29) is 30.7 Å². The highest BCUT2D eigenvalue weighted by atomic mass is 35.5.